The first kappa shape index (κ1) is 8.14. The monoisotopic (exact) mass is 155 g/mol. The first-order valence-corrected chi connectivity index (χ1v) is 3.55. The molecule has 0 amide bonds. The summed E-state index contributed by atoms with van der Waals surface area (Å²) in [4.78, 5) is 3.83. The smallest absolute Gasteiger partial charge is 0.144 e. The van der Waals surface area contributed by atoms with Crippen LogP contribution in [-0.4, -0.2) is 16.7 Å². The minimum Gasteiger partial charge on any atom is -0.396 e. The average Bonchev–Trinajstić information content (AvgIpc) is 2.03. The van der Waals surface area contributed by atoms with Crippen LogP contribution in [0.3, 0.4) is 0 Å². The van der Waals surface area contributed by atoms with Crippen molar-refractivity contribution in [3.63, 3.8) is 0 Å². The van der Waals surface area contributed by atoms with Gasteiger partial charge in [0, 0.05) is 12.8 Å². The summed E-state index contributed by atoms with van der Waals surface area (Å²) in [7, 11) is 0. The number of hydrogen-bond acceptors (Lipinski definition) is 2. The first-order chi connectivity index (χ1) is 5.34. The van der Waals surface area contributed by atoms with Crippen molar-refractivity contribution in [3.8, 4) is 0 Å². The molecular formula is C8H10FNO. The molecule has 0 saturated carbocycles. The van der Waals surface area contributed by atoms with Crippen molar-refractivity contribution in [2.24, 2.45) is 0 Å². The van der Waals surface area contributed by atoms with Crippen LogP contribution in [0.15, 0.2) is 18.3 Å². The highest BCUT2D eigenvalue weighted by atomic mass is 19.1. The Morgan fingerprint density at radius 3 is 3.00 bits per heavy atom. The van der Waals surface area contributed by atoms with Crippen LogP contribution in [0, 0.1) is 5.82 Å². The fourth-order valence-electron chi connectivity index (χ4n) is 0.849. The number of aromatic nitrogens is 1. The number of aliphatic hydroxyl groups excluding tert-OH is 1. The molecule has 0 aromatic carbocycles. The second-order valence-electron chi connectivity index (χ2n) is 2.26. The first-order valence-electron chi connectivity index (χ1n) is 3.55. The summed E-state index contributed by atoms with van der Waals surface area (Å²) in [6.45, 7) is 0.0794. The predicted molar refractivity (Wildman–Crippen MR) is 39.6 cm³/mol. The van der Waals surface area contributed by atoms with Gasteiger partial charge in [0.15, 0.2) is 0 Å². The number of hydrogen-bond donors (Lipinski definition) is 1. The molecule has 0 saturated heterocycles. The molecule has 2 nitrogen and oxygen atoms in total. The Bertz CT molecular complexity index is 227. The lowest BCUT2D eigenvalue weighted by molar-refractivity contribution is 0.287. The summed E-state index contributed by atoms with van der Waals surface area (Å²) >= 11 is 0. The molecule has 1 aromatic heterocycles. The van der Waals surface area contributed by atoms with Gasteiger partial charge in [0.2, 0.25) is 0 Å². The third-order valence-electron chi connectivity index (χ3n) is 1.41. The average molecular weight is 155 g/mol. The summed E-state index contributed by atoms with van der Waals surface area (Å²) < 4.78 is 12.8. The van der Waals surface area contributed by atoms with Gasteiger partial charge in [-0.05, 0) is 25.0 Å². The molecule has 0 aliphatic carbocycles. The van der Waals surface area contributed by atoms with Crippen LogP contribution < -0.4 is 0 Å². The van der Waals surface area contributed by atoms with Crippen LogP contribution in [0.4, 0.5) is 4.39 Å². The van der Waals surface area contributed by atoms with Crippen molar-refractivity contribution in [2.75, 3.05) is 6.61 Å². The maximum Gasteiger partial charge on any atom is 0.144 e. The molecule has 1 rings (SSSR count). The van der Waals surface area contributed by atoms with Gasteiger partial charge in [-0.1, -0.05) is 0 Å². The van der Waals surface area contributed by atoms with Crippen LogP contribution in [-0.2, 0) is 6.42 Å². The number of aryl methyl sites for hydroxylation is 1. The Labute approximate surface area is 64.7 Å². The van der Waals surface area contributed by atoms with Gasteiger partial charge in [0.1, 0.15) is 5.82 Å². The van der Waals surface area contributed by atoms with E-state index in [2.05, 4.69) is 4.98 Å². The number of pyridine rings is 1. The van der Waals surface area contributed by atoms with E-state index in [1.807, 2.05) is 0 Å². The predicted octanol–water partition coefficient (Wildman–Crippen LogP) is 1.15. The molecule has 1 N–H and O–H groups in total. The Morgan fingerprint density at radius 1 is 1.55 bits per heavy atom. The molecule has 0 aliphatic rings. The molecule has 0 unspecified atom stereocenters. The Balaban J connectivity index is 2.62. The van der Waals surface area contributed by atoms with Crippen LogP contribution in [0.5, 0.6) is 0 Å². The van der Waals surface area contributed by atoms with E-state index >= 15 is 0 Å². The van der Waals surface area contributed by atoms with E-state index in [0.717, 1.165) is 0 Å². The molecule has 0 aliphatic heterocycles. The van der Waals surface area contributed by atoms with Crippen LogP contribution in [0.2, 0.25) is 0 Å². The highest BCUT2D eigenvalue weighted by Crippen LogP contribution is 2.04. The molecule has 11 heavy (non-hydrogen) atoms. The zero-order valence-electron chi connectivity index (χ0n) is 6.13. The van der Waals surface area contributed by atoms with Crippen molar-refractivity contribution in [2.45, 2.75) is 12.8 Å². The lowest BCUT2D eigenvalue weighted by atomic mass is 10.2. The van der Waals surface area contributed by atoms with E-state index in [4.69, 9.17) is 5.11 Å². The Hall–Kier alpha value is -0.960. The van der Waals surface area contributed by atoms with E-state index < -0.39 is 0 Å². The highest BCUT2D eigenvalue weighted by Gasteiger charge is 1.99. The van der Waals surface area contributed by atoms with Gasteiger partial charge in [-0.25, -0.2) is 4.39 Å². The number of halogens is 1. The topological polar surface area (TPSA) is 33.1 Å². The zero-order chi connectivity index (χ0) is 8.10. The molecule has 3 heteroatoms. The summed E-state index contributed by atoms with van der Waals surface area (Å²) in [6.07, 6.45) is 2.62. The SMILES string of the molecule is OCCCc1ncccc1F. The standard InChI is InChI=1S/C8H10FNO/c9-7-3-1-5-10-8(7)4-2-6-11/h1,3,5,11H,2,4,6H2. The van der Waals surface area contributed by atoms with Gasteiger partial charge in [0.05, 0.1) is 5.69 Å². The van der Waals surface area contributed by atoms with Crippen molar-refractivity contribution < 1.29 is 9.50 Å². The molecule has 0 bridgehead atoms. The largest absolute Gasteiger partial charge is 0.396 e. The molecule has 1 heterocycles. The van der Waals surface area contributed by atoms with Gasteiger partial charge in [0.25, 0.3) is 0 Å². The maximum absolute atomic E-state index is 12.8. The van der Waals surface area contributed by atoms with E-state index in [1.54, 1.807) is 12.3 Å². The van der Waals surface area contributed by atoms with Crippen molar-refractivity contribution in [3.05, 3.63) is 29.8 Å². The number of rotatable bonds is 3. The fourth-order valence-corrected chi connectivity index (χ4v) is 0.849. The quantitative estimate of drug-likeness (QED) is 0.710. The van der Waals surface area contributed by atoms with Gasteiger partial charge in [-0.2, -0.15) is 0 Å². The molecule has 1 aromatic rings. The molecule has 0 radical (unpaired) electrons. The summed E-state index contributed by atoms with van der Waals surface area (Å²) in [5.74, 6) is -0.291. The third-order valence-corrected chi connectivity index (χ3v) is 1.41. The Kier molecular flexibility index (Phi) is 2.98. The van der Waals surface area contributed by atoms with E-state index in [9.17, 15) is 4.39 Å². The molecule has 0 fully saturated rings. The lowest BCUT2D eigenvalue weighted by Gasteiger charge is -1.98. The molecule has 0 atom stereocenters. The molecular weight excluding hydrogens is 145 g/mol. The molecule has 0 spiro atoms. The number of nitrogens with zero attached hydrogens (tertiary/aromatic N) is 1. The summed E-state index contributed by atoms with van der Waals surface area (Å²) in [5, 5.41) is 8.47. The van der Waals surface area contributed by atoms with E-state index in [1.165, 1.54) is 6.07 Å². The van der Waals surface area contributed by atoms with Crippen LogP contribution in [0.1, 0.15) is 12.1 Å². The van der Waals surface area contributed by atoms with Crippen molar-refractivity contribution >= 4 is 0 Å². The number of aliphatic hydroxyl groups is 1. The Morgan fingerprint density at radius 2 is 2.36 bits per heavy atom. The van der Waals surface area contributed by atoms with E-state index in [0.29, 0.717) is 18.5 Å². The lowest BCUT2D eigenvalue weighted by Crippen LogP contribution is -1.95. The normalized spacial score (nSPS) is 10.0. The second-order valence-corrected chi connectivity index (χ2v) is 2.26. The van der Waals surface area contributed by atoms with Crippen molar-refractivity contribution in [1.82, 2.24) is 4.98 Å². The third kappa shape index (κ3) is 2.27. The van der Waals surface area contributed by atoms with Crippen LogP contribution in [0.25, 0.3) is 0 Å². The maximum atomic E-state index is 12.8. The summed E-state index contributed by atoms with van der Waals surface area (Å²) in [6, 6.07) is 2.93. The van der Waals surface area contributed by atoms with Gasteiger partial charge >= 0.3 is 0 Å². The van der Waals surface area contributed by atoms with Gasteiger partial charge in [-0.15, -0.1) is 0 Å². The van der Waals surface area contributed by atoms with Crippen molar-refractivity contribution in [1.29, 1.82) is 0 Å². The van der Waals surface area contributed by atoms with Gasteiger partial charge < -0.3 is 5.11 Å². The van der Waals surface area contributed by atoms with E-state index in [-0.39, 0.29) is 12.4 Å². The highest BCUT2D eigenvalue weighted by molar-refractivity contribution is 5.06. The zero-order valence-corrected chi connectivity index (χ0v) is 6.13. The minimum atomic E-state index is -0.291. The fraction of sp³-hybridized carbons (Fsp3) is 0.375. The van der Waals surface area contributed by atoms with Crippen LogP contribution >= 0.6 is 0 Å². The minimum absolute atomic E-state index is 0.0794. The van der Waals surface area contributed by atoms with Gasteiger partial charge in [-0.3, -0.25) is 4.98 Å². The summed E-state index contributed by atoms with van der Waals surface area (Å²) in [5.41, 5.74) is 0.432. The molecule has 60 valence electrons. The second kappa shape index (κ2) is 4.03.